The molecule has 36 heavy (non-hydrogen) atoms. The molecule has 3 aromatic carbocycles. The highest BCUT2D eigenvalue weighted by atomic mass is 35.5. The van der Waals surface area contributed by atoms with Crippen LogP contribution in [0.15, 0.2) is 90.3 Å². The highest BCUT2D eigenvalue weighted by molar-refractivity contribution is 7.92. The van der Waals surface area contributed by atoms with Crippen molar-refractivity contribution < 1.29 is 21.9 Å². The van der Waals surface area contributed by atoms with Crippen molar-refractivity contribution in [2.75, 3.05) is 10.9 Å². The van der Waals surface area contributed by atoms with Gasteiger partial charge in [-0.2, -0.15) is 0 Å². The van der Waals surface area contributed by atoms with Crippen LogP contribution in [0.5, 0.6) is 5.75 Å². The van der Waals surface area contributed by atoms with Crippen LogP contribution in [0.4, 0.5) is 14.5 Å². The van der Waals surface area contributed by atoms with Gasteiger partial charge in [-0.25, -0.2) is 22.2 Å². The fourth-order valence-electron chi connectivity index (χ4n) is 3.86. The molecule has 0 saturated carbocycles. The smallest absolute Gasteiger partial charge is 0.264 e. The van der Waals surface area contributed by atoms with E-state index in [0.29, 0.717) is 42.0 Å². The predicted octanol–water partition coefficient (Wildman–Crippen LogP) is 6.24. The summed E-state index contributed by atoms with van der Waals surface area (Å²) in [4.78, 5) is 3.93. The Hall–Kier alpha value is -3.43. The van der Waals surface area contributed by atoms with Gasteiger partial charge < -0.3 is 9.30 Å². The van der Waals surface area contributed by atoms with Crippen molar-refractivity contribution in [2.24, 2.45) is 0 Å². The zero-order valence-electron chi connectivity index (χ0n) is 19.4. The van der Waals surface area contributed by atoms with E-state index in [9.17, 15) is 17.2 Å². The molecule has 0 bridgehead atoms. The van der Waals surface area contributed by atoms with Crippen molar-refractivity contribution in [3.8, 4) is 5.75 Å². The topological polar surface area (TPSA) is 64.4 Å². The van der Waals surface area contributed by atoms with Crippen molar-refractivity contribution in [1.82, 2.24) is 9.55 Å². The van der Waals surface area contributed by atoms with Gasteiger partial charge in [0.1, 0.15) is 17.4 Å². The Bertz CT molecular complexity index is 1410. The Morgan fingerprint density at radius 3 is 2.53 bits per heavy atom. The fraction of sp³-hybridized carbons (Fsp3) is 0.192. The highest BCUT2D eigenvalue weighted by Crippen LogP contribution is 2.38. The molecule has 0 fully saturated rings. The summed E-state index contributed by atoms with van der Waals surface area (Å²) in [5.41, 5.74) is 0.246. The zero-order valence-corrected chi connectivity index (χ0v) is 21.0. The van der Waals surface area contributed by atoms with Crippen LogP contribution >= 0.6 is 11.6 Å². The predicted molar refractivity (Wildman–Crippen MR) is 135 cm³/mol. The summed E-state index contributed by atoms with van der Waals surface area (Å²) in [7, 11) is -4.28. The Labute approximate surface area is 213 Å². The third kappa shape index (κ3) is 5.68. The Balaban J connectivity index is 1.69. The standard InChI is InChI=1S/C26H24ClF2N3O3S/c1-19(23-5-2-3-6-26(23)35-16-4-14-31-15-13-30-18-31)32(25-12-9-21(28)17-24(25)29)36(33,34)22-10-7-20(27)8-11-22/h2-3,5-13,15,17-19H,4,14,16H2,1H3/t19-/m1/s1. The Morgan fingerprint density at radius 1 is 1.08 bits per heavy atom. The van der Waals surface area contributed by atoms with E-state index in [0.717, 1.165) is 16.4 Å². The molecule has 4 rings (SSSR count). The molecule has 0 aliphatic heterocycles. The van der Waals surface area contributed by atoms with Gasteiger partial charge in [-0.1, -0.05) is 29.8 Å². The first-order chi connectivity index (χ1) is 17.3. The molecule has 0 aliphatic rings. The average Bonchev–Trinajstić information content (AvgIpc) is 3.37. The highest BCUT2D eigenvalue weighted by Gasteiger charge is 2.33. The van der Waals surface area contributed by atoms with Gasteiger partial charge in [0.05, 0.1) is 29.6 Å². The van der Waals surface area contributed by atoms with Gasteiger partial charge in [-0.3, -0.25) is 4.31 Å². The maximum absolute atomic E-state index is 15.0. The van der Waals surface area contributed by atoms with Crippen molar-refractivity contribution >= 4 is 27.3 Å². The minimum atomic E-state index is -4.28. The molecule has 0 amide bonds. The lowest BCUT2D eigenvalue weighted by Gasteiger charge is -2.32. The van der Waals surface area contributed by atoms with Gasteiger partial charge in [-0.05, 0) is 55.8 Å². The molecule has 0 N–H and O–H groups in total. The van der Waals surface area contributed by atoms with Crippen LogP contribution in [0.25, 0.3) is 0 Å². The number of anilines is 1. The second-order valence-electron chi connectivity index (χ2n) is 8.07. The molecule has 1 heterocycles. The van der Waals surface area contributed by atoms with E-state index in [1.54, 1.807) is 43.7 Å². The van der Waals surface area contributed by atoms with Gasteiger partial charge >= 0.3 is 0 Å². The number of sulfonamides is 1. The second kappa shape index (κ2) is 11.1. The third-order valence-electron chi connectivity index (χ3n) is 5.62. The molecule has 188 valence electrons. The van der Waals surface area contributed by atoms with Crippen molar-refractivity contribution in [3.63, 3.8) is 0 Å². The van der Waals surface area contributed by atoms with Gasteiger partial charge in [0.15, 0.2) is 0 Å². The van der Waals surface area contributed by atoms with E-state index in [2.05, 4.69) is 4.98 Å². The Morgan fingerprint density at radius 2 is 1.83 bits per heavy atom. The summed E-state index contributed by atoms with van der Waals surface area (Å²) in [6.45, 7) is 2.70. The van der Waals surface area contributed by atoms with Crippen LogP contribution in [-0.4, -0.2) is 24.6 Å². The van der Waals surface area contributed by atoms with E-state index in [1.165, 1.54) is 24.3 Å². The molecule has 10 heteroatoms. The summed E-state index contributed by atoms with van der Waals surface area (Å²) >= 11 is 5.94. The van der Waals surface area contributed by atoms with Gasteiger partial charge in [0, 0.05) is 35.6 Å². The van der Waals surface area contributed by atoms with Crippen molar-refractivity contribution in [2.45, 2.75) is 30.8 Å². The lowest BCUT2D eigenvalue weighted by molar-refractivity contribution is 0.297. The molecule has 0 unspecified atom stereocenters. The van der Waals surface area contributed by atoms with Gasteiger partial charge in [-0.15, -0.1) is 0 Å². The second-order valence-corrected chi connectivity index (χ2v) is 10.3. The number of aryl methyl sites for hydroxylation is 1. The van der Waals surface area contributed by atoms with Crippen LogP contribution in [0.1, 0.15) is 24.9 Å². The number of para-hydroxylation sites is 1. The first kappa shape index (κ1) is 25.7. The van der Waals surface area contributed by atoms with Crippen LogP contribution < -0.4 is 9.04 Å². The van der Waals surface area contributed by atoms with Crippen LogP contribution in [0.2, 0.25) is 5.02 Å². The molecule has 0 radical (unpaired) electrons. The normalized spacial score (nSPS) is 12.3. The number of halogens is 3. The molecular formula is C26H24ClF2N3O3S. The number of imidazole rings is 1. The number of aromatic nitrogens is 2. The number of rotatable bonds is 10. The SMILES string of the molecule is C[C@H](c1ccccc1OCCCn1ccnc1)N(c1ccc(F)cc1F)S(=O)(=O)c1ccc(Cl)cc1. The summed E-state index contributed by atoms with van der Waals surface area (Å²) in [6, 6.07) is 14.5. The molecular weight excluding hydrogens is 508 g/mol. The fourth-order valence-corrected chi connectivity index (χ4v) is 5.63. The monoisotopic (exact) mass is 531 g/mol. The quantitative estimate of drug-likeness (QED) is 0.227. The minimum absolute atomic E-state index is 0.0822. The van der Waals surface area contributed by atoms with Crippen molar-refractivity contribution in [1.29, 1.82) is 0 Å². The third-order valence-corrected chi connectivity index (χ3v) is 7.77. The molecule has 0 spiro atoms. The lowest BCUT2D eigenvalue weighted by atomic mass is 10.1. The maximum atomic E-state index is 15.0. The lowest BCUT2D eigenvalue weighted by Crippen LogP contribution is -2.34. The minimum Gasteiger partial charge on any atom is -0.493 e. The van der Waals surface area contributed by atoms with E-state index in [4.69, 9.17) is 16.3 Å². The average molecular weight is 532 g/mol. The first-order valence-electron chi connectivity index (χ1n) is 11.2. The summed E-state index contributed by atoms with van der Waals surface area (Å²) in [5, 5.41) is 0.357. The molecule has 6 nitrogen and oxygen atoms in total. The molecule has 0 saturated heterocycles. The van der Waals surface area contributed by atoms with E-state index < -0.39 is 27.7 Å². The number of nitrogens with zero attached hydrogens (tertiary/aromatic N) is 3. The van der Waals surface area contributed by atoms with E-state index in [1.807, 2.05) is 10.8 Å². The molecule has 1 atom stereocenters. The van der Waals surface area contributed by atoms with Gasteiger partial charge in [0.2, 0.25) is 0 Å². The molecule has 0 aliphatic carbocycles. The maximum Gasteiger partial charge on any atom is 0.264 e. The van der Waals surface area contributed by atoms with Crippen LogP contribution in [-0.2, 0) is 16.6 Å². The summed E-state index contributed by atoms with van der Waals surface area (Å²) in [6.07, 6.45) is 5.96. The molecule has 1 aromatic heterocycles. The number of benzene rings is 3. The first-order valence-corrected chi connectivity index (χ1v) is 13.0. The number of hydrogen-bond donors (Lipinski definition) is 0. The van der Waals surface area contributed by atoms with Crippen LogP contribution in [0.3, 0.4) is 0 Å². The van der Waals surface area contributed by atoms with Gasteiger partial charge in [0.25, 0.3) is 10.0 Å². The van der Waals surface area contributed by atoms with E-state index in [-0.39, 0.29) is 10.6 Å². The van der Waals surface area contributed by atoms with Crippen LogP contribution in [0, 0.1) is 11.6 Å². The summed E-state index contributed by atoms with van der Waals surface area (Å²) < 4.78 is 65.1. The molecule has 4 aromatic rings. The number of hydrogen-bond acceptors (Lipinski definition) is 4. The van der Waals surface area contributed by atoms with Crippen molar-refractivity contribution in [3.05, 3.63) is 108 Å². The van der Waals surface area contributed by atoms with E-state index >= 15 is 0 Å². The zero-order chi connectivity index (χ0) is 25.7. The Kier molecular flexibility index (Phi) is 7.91. The largest absolute Gasteiger partial charge is 0.493 e. The summed E-state index contributed by atoms with van der Waals surface area (Å²) in [5.74, 6) is -1.35. The number of ether oxygens (including phenoxy) is 1.